The quantitative estimate of drug-likeness (QED) is 0.690. The fraction of sp³-hybridized carbons (Fsp3) is 0.214. The third-order valence-electron chi connectivity index (χ3n) is 3.10. The van der Waals surface area contributed by atoms with Gasteiger partial charge in [-0.1, -0.05) is 11.8 Å². The molecule has 21 heavy (non-hydrogen) atoms. The largest absolute Gasteiger partial charge is 0.493 e. The Hall–Kier alpha value is -2.28. The molecule has 2 aromatic heterocycles. The highest BCUT2D eigenvalue weighted by atomic mass is 32.2. The predicted octanol–water partition coefficient (Wildman–Crippen LogP) is 2.53. The van der Waals surface area contributed by atoms with E-state index in [1.54, 1.807) is 18.7 Å². The van der Waals surface area contributed by atoms with Gasteiger partial charge >= 0.3 is 0 Å². The van der Waals surface area contributed by atoms with Gasteiger partial charge in [-0.3, -0.25) is 0 Å². The van der Waals surface area contributed by atoms with Crippen LogP contribution in [0.1, 0.15) is 0 Å². The highest BCUT2D eigenvalue weighted by molar-refractivity contribution is 7.98. The molecule has 0 amide bonds. The molecular formula is C14H14N4O2S. The Morgan fingerprint density at radius 3 is 2.52 bits per heavy atom. The van der Waals surface area contributed by atoms with Crippen molar-refractivity contribution in [2.75, 3.05) is 20.5 Å². The lowest BCUT2D eigenvalue weighted by atomic mass is 10.1. The molecule has 0 fully saturated rings. The second-order valence-electron chi connectivity index (χ2n) is 4.25. The van der Waals surface area contributed by atoms with Crippen molar-refractivity contribution in [3.63, 3.8) is 0 Å². The van der Waals surface area contributed by atoms with E-state index < -0.39 is 0 Å². The number of thioether (sulfide) groups is 1. The van der Waals surface area contributed by atoms with Crippen LogP contribution in [0.3, 0.4) is 0 Å². The molecule has 1 aromatic carbocycles. The summed E-state index contributed by atoms with van der Waals surface area (Å²) >= 11 is 1.50. The number of aromatic nitrogens is 4. The Balaban J connectivity index is 2.11. The lowest BCUT2D eigenvalue weighted by Gasteiger charge is -2.09. The molecule has 3 rings (SSSR count). The van der Waals surface area contributed by atoms with Gasteiger partial charge in [0.25, 0.3) is 0 Å². The maximum Gasteiger partial charge on any atom is 0.212 e. The zero-order chi connectivity index (χ0) is 14.8. The first kappa shape index (κ1) is 13.7. The van der Waals surface area contributed by atoms with Crippen LogP contribution in [0.5, 0.6) is 11.5 Å². The number of ether oxygens (including phenoxy) is 2. The summed E-state index contributed by atoms with van der Waals surface area (Å²) in [6.07, 6.45) is 1.95. The normalized spacial score (nSPS) is 10.8. The number of fused-ring (bicyclic) bond motifs is 1. The van der Waals surface area contributed by atoms with Crippen LogP contribution in [0.4, 0.5) is 0 Å². The first-order valence-corrected chi connectivity index (χ1v) is 7.48. The molecule has 6 nitrogen and oxygen atoms in total. The molecule has 3 aromatic rings. The molecule has 0 saturated carbocycles. The smallest absolute Gasteiger partial charge is 0.212 e. The minimum Gasteiger partial charge on any atom is -0.493 e. The van der Waals surface area contributed by atoms with Crippen LogP contribution in [-0.4, -0.2) is 40.3 Å². The predicted molar refractivity (Wildman–Crippen MR) is 81.1 cm³/mol. The maximum atomic E-state index is 5.33. The molecule has 0 atom stereocenters. The molecule has 0 unspecified atom stereocenters. The summed E-state index contributed by atoms with van der Waals surface area (Å²) in [7, 11) is 3.23. The fourth-order valence-corrected chi connectivity index (χ4v) is 2.48. The molecular weight excluding hydrogens is 288 g/mol. The molecule has 0 aliphatic heterocycles. The van der Waals surface area contributed by atoms with Crippen LogP contribution in [0.25, 0.3) is 16.9 Å². The van der Waals surface area contributed by atoms with E-state index in [-0.39, 0.29) is 0 Å². The minimum absolute atomic E-state index is 0.672. The highest BCUT2D eigenvalue weighted by Crippen LogP contribution is 2.31. The van der Waals surface area contributed by atoms with Crippen molar-refractivity contribution in [2.45, 2.75) is 5.16 Å². The van der Waals surface area contributed by atoms with Gasteiger partial charge in [0, 0.05) is 5.56 Å². The molecule has 0 spiro atoms. The van der Waals surface area contributed by atoms with Crippen LogP contribution in [0, 0.1) is 0 Å². The van der Waals surface area contributed by atoms with Crippen molar-refractivity contribution >= 4 is 17.4 Å². The van der Waals surface area contributed by atoms with Gasteiger partial charge in [-0.2, -0.15) is 9.61 Å². The van der Waals surface area contributed by atoms with Gasteiger partial charge in [0.05, 0.1) is 19.9 Å². The molecule has 0 saturated heterocycles. The number of benzene rings is 1. The molecule has 0 bridgehead atoms. The van der Waals surface area contributed by atoms with E-state index in [9.17, 15) is 0 Å². The lowest BCUT2D eigenvalue weighted by Crippen LogP contribution is -1.97. The van der Waals surface area contributed by atoms with Crippen molar-refractivity contribution in [1.82, 2.24) is 19.8 Å². The van der Waals surface area contributed by atoms with E-state index in [0.717, 1.165) is 22.1 Å². The van der Waals surface area contributed by atoms with Crippen LogP contribution in [-0.2, 0) is 0 Å². The maximum absolute atomic E-state index is 5.33. The second kappa shape index (κ2) is 5.61. The van der Waals surface area contributed by atoms with Crippen molar-refractivity contribution in [1.29, 1.82) is 0 Å². The molecule has 108 valence electrons. The van der Waals surface area contributed by atoms with E-state index in [1.807, 2.05) is 36.6 Å². The number of methoxy groups -OCH3 is 2. The number of hydrogen-bond donors (Lipinski definition) is 0. The Bertz CT molecular complexity index is 788. The van der Waals surface area contributed by atoms with E-state index in [1.165, 1.54) is 11.8 Å². The van der Waals surface area contributed by atoms with Crippen LogP contribution < -0.4 is 9.47 Å². The van der Waals surface area contributed by atoms with Crippen molar-refractivity contribution in [2.24, 2.45) is 0 Å². The Morgan fingerprint density at radius 2 is 1.81 bits per heavy atom. The summed E-state index contributed by atoms with van der Waals surface area (Å²) in [6, 6.07) is 9.51. The number of rotatable bonds is 4. The Kier molecular flexibility index (Phi) is 3.66. The van der Waals surface area contributed by atoms with Gasteiger partial charge in [-0.05, 0) is 36.6 Å². The molecule has 0 aliphatic rings. The average Bonchev–Trinajstić information content (AvgIpc) is 2.96. The van der Waals surface area contributed by atoms with Crippen LogP contribution in [0.2, 0.25) is 0 Å². The summed E-state index contributed by atoms with van der Waals surface area (Å²) in [4.78, 5) is 0. The first-order chi connectivity index (χ1) is 10.3. The topological polar surface area (TPSA) is 61.5 Å². The summed E-state index contributed by atoms with van der Waals surface area (Å²) in [5.74, 6) is 1.36. The summed E-state index contributed by atoms with van der Waals surface area (Å²) in [6.45, 7) is 0. The van der Waals surface area contributed by atoms with Crippen molar-refractivity contribution in [3.05, 3.63) is 30.3 Å². The molecule has 0 aliphatic carbocycles. The molecule has 0 radical (unpaired) electrons. The molecule has 0 N–H and O–H groups in total. The van der Waals surface area contributed by atoms with E-state index in [2.05, 4.69) is 15.3 Å². The van der Waals surface area contributed by atoms with Gasteiger partial charge in [0.1, 0.15) is 0 Å². The zero-order valence-electron chi connectivity index (χ0n) is 11.9. The zero-order valence-corrected chi connectivity index (χ0v) is 12.7. The van der Waals surface area contributed by atoms with E-state index in [4.69, 9.17) is 9.47 Å². The Morgan fingerprint density at radius 1 is 1.00 bits per heavy atom. The monoisotopic (exact) mass is 302 g/mol. The summed E-state index contributed by atoms with van der Waals surface area (Å²) < 4.78 is 12.3. The van der Waals surface area contributed by atoms with Gasteiger partial charge in [-0.15, -0.1) is 10.2 Å². The van der Waals surface area contributed by atoms with E-state index in [0.29, 0.717) is 11.5 Å². The number of nitrogens with zero attached hydrogens (tertiary/aromatic N) is 4. The Labute approximate surface area is 126 Å². The van der Waals surface area contributed by atoms with Gasteiger partial charge in [0.2, 0.25) is 5.16 Å². The van der Waals surface area contributed by atoms with Crippen molar-refractivity contribution in [3.8, 4) is 22.8 Å². The fourth-order valence-electron chi connectivity index (χ4n) is 2.05. The van der Waals surface area contributed by atoms with E-state index >= 15 is 0 Å². The summed E-state index contributed by atoms with van der Waals surface area (Å²) in [5.41, 5.74) is 2.48. The third kappa shape index (κ3) is 2.40. The van der Waals surface area contributed by atoms with Gasteiger partial charge in [0.15, 0.2) is 17.1 Å². The van der Waals surface area contributed by atoms with Gasteiger partial charge in [-0.25, -0.2) is 0 Å². The summed E-state index contributed by atoms with van der Waals surface area (Å²) in [5, 5.41) is 13.5. The second-order valence-corrected chi connectivity index (χ2v) is 5.02. The van der Waals surface area contributed by atoms with Crippen LogP contribution >= 0.6 is 11.8 Å². The minimum atomic E-state index is 0.672. The molecule has 7 heteroatoms. The lowest BCUT2D eigenvalue weighted by molar-refractivity contribution is 0.355. The number of hydrogen-bond acceptors (Lipinski definition) is 6. The SMILES string of the molecule is COc1ccc(-c2ccc3nnc(SC)n3n2)cc1OC. The van der Waals surface area contributed by atoms with Crippen LogP contribution in [0.15, 0.2) is 35.5 Å². The standard InChI is InChI=1S/C14H14N4O2S/c1-19-11-6-4-9(8-12(11)20-2)10-5-7-13-15-16-14(21-3)18(13)17-10/h4-8H,1-3H3. The first-order valence-electron chi connectivity index (χ1n) is 6.25. The third-order valence-corrected chi connectivity index (χ3v) is 3.72. The van der Waals surface area contributed by atoms with Gasteiger partial charge < -0.3 is 9.47 Å². The van der Waals surface area contributed by atoms with Crippen molar-refractivity contribution < 1.29 is 9.47 Å². The molecule has 2 heterocycles. The average molecular weight is 302 g/mol. The highest BCUT2D eigenvalue weighted by Gasteiger charge is 2.10.